The molecule has 2 aliphatic rings. The van der Waals surface area contributed by atoms with Gasteiger partial charge in [-0.15, -0.1) is 0 Å². The second kappa shape index (κ2) is 12.3. The van der Waals surface area contributed by atoms with Gasteiger partial charge in [-0.1, -0.05) is 6.07 Å². The third-order valence-corrected chi connectivity index (χ3v) is 8.05. The van der Waals surface area contributed by atoms with E-state index in [9.17, 15) is 18.3 Å². The standard InChI is InChI=1S/C31H32O12S/c1-18(11-12-44(34,35)36)42-27-15-19(14-26(38-3)29(27)39-4)13-23-28(20-5-10-24-25(16-20)41-17-40-24)30(32)43-31(23,33)21-6-8-22(37-2)9-7-21/h5-10,14-16,18,33H,11-13,17H2,1-4H3,(H,34,35,36). The zero-order valence-electron chi connectivity index (χ0n) is 24.5. The van der Waals surface area contributed by atoms with Gasteiger partial charge >= 0.3 is 5.97 Å². The van der Waals surface area contributed by atoms with Gasteiger partial charge in [0.1, 0.15) is 5.75 Å². The number of rotatable bonds is 12. The molecule has 0 saturated heterocycles. The third-order valence-electron chi connectivity index (χ3n) is 7.29. The number of carbonyl (C=O) groups is 1. The second-order valence-electron chi connectivity index (χ2n) is 10.2. The number of cyclic esters (lactones) is 1. The number of fused-ring (bicyclic) bond motifs is 1. The van der Waals surface area contributed by atoms with Gasteiger partial charge in [0.2, 0.25) is 12.5 Å². The van der Waals surface area contributed by atoms with Crippen molar-refractivity contribution in [2.24, 2.45) is 0 Å². The van der Waals surface area contributed by atoms with Crippen molar-refractivity contribution in [2.45, 2.75) is 31.7 Å². The van der Waals surface area contributed by atoms with E-state index >= 15 is 0 Å². The summed E-state index contributed by atoms with van der Waals surface area (Å²) < 4.78 is 70.7. The minimum Gasteiger partial charge on any atom is -0.497 e. The lowest BCUT2D eigenvalue weighted by molar-refractivity contribution is -0.185. The summed E-state index contributed by atoms with van der Waals surface area (Å²) in [5.74, 6) is -1.08. The van der Waals surface area contributed by atoms with Crippen LogP contribution in [0, 0.1) is 0 Å². The predicted molar refractivity (Wildman–Crippen MR) is 157 cm³/mol. The molecule has 0 spiro atoms. The topological polar surface area (TPSA) is 156 Å². The molecular formula is C31H32O12S. The molecule has 0 radical (unpaired) electrons. The smallest absolute Gasteiger partial charge is 0.342 e. The number of ether oxygens (including phenoxy) is 7. The highest BCUT2D eigenvalue weighted by Crippen LogP contribution is 2.48. The van der Waals surface area contributed by atoms with Gasteiger partial charge in [-0.05, 0) is 66.6 Å². The molecule has 2 heterocycles. The van der Waals surface area contributed by atoms with Crippen LogP contribution in [0.5, 0.6) is 34.5 Å². The SMILES string of the molecule is COc1ccc(C2(O)OC(=O)C(c3ccc4c(c3)OCO4)=C2Cc2cc(OC)c(OC)c(OC(C)CCS(=O)(=O)O)c2)cc1. The molecule has 0 bridgehead atoms. The van der Waals surface area contributed by atoms with Crippen molar-refractivity contribution >= 4 is 21.7 Å². The minimum absolute atomic E-state index is 0.00579. The lowest BCUT2D eigenvalue weighted by atomic mass is 9.88. The van der Waals surface area contributed by atoms with E-state index in [1.54, 1.807) is 61.5 Å². The molecule has 0 aromatic heterocycles. The Kier molecular flexibility index (Phi) is 8.64. The Hall–Kier alpha value is -4.46. The summed E-state index contributed by atoms with van der Waals surface area (Å²) in [4.78, 5) is 13.5. The quantitative estimate of drug-likeness (QED) is 0.221. The minimum atomic E-state index is -4.19. The first-order valence-electron chi connectivity index (χ1n) is 13.6. The van der Waals surface area contributed by atoms with Gasteiger partial charge in [0.25, 0.3) is 15.9 Å². The van der Waals surface area contributed by atoms with E-state index in [-0.39, 0.29) is 42.3 Å². The van der Waals surface area contributed by atoms with Crippen LogP contribution in [0.25, 0.3) is 5.57 Å². The molecule has 234 valence electrons. The molecule has 12 nitrogen and oxygen atoms in total. The Morgan fingerprint density at radius 1 is 0.932 bits per heavy atom. The van der Waals surface area contributed by atoms with Gasteiger partial charge in [0.05, 0.1) is 38.8 Å². The van der Waals surface area contributed by atoms with Gasteiger partial charge in [0, 0.05) is 24.0 Å². The highest BCUT2D eigenvalue weighted by atomic mass is 32.2. The van der Waals surface area contributed by atoms with Gasteiger partial charge in [-0.25, -0.2) is 4.79 Å². The number of hydrogen-bond acceptors (Lipinski definition) is 11. The van der Waals surface area contributed by atoms with Crippen LogP contribution in [-0.4, -0.2) is 64.0 Å². The first-order chi connectivity index (χ1) is 21.0. The summed E-state index contributed by atoms with van der Waals surface area (Å²) in [5.41, 5.74) is 1.69. The van der Waals surface area contributed by atoms with Gasteiger partial charge < -0.3 is 38.3 Å². The maximum Gasteiger partial charge on any atom is 0.342 e. The first kappa shape index (κ1) is 31.0. The molecule has 2 N–H and O–H groups in total. The van der Waals surface area contributed by atoms with Crippen LogP contribution < -0.4 is 28.4 Å². The fourth-order valence-electron chi connectivity index (χ4n) is 5.11. The molecule has 2 atom stereocenters. The van der Waals surface area contributed by atoms with Crippen LogP contribution in [0.3, 0.4) is 0 Å². The second-order valence-corrected chi connectivity index (χ2v) is 11.8. The molecule has 0 aliphatic carbocycles. The van der Waals surface area contributed by atoms with E-state index < -0.39 is 33.7 Å². The van der Waals surface area contributed by atoms with Crippen molar-refractivity contribution in [3.05, 3.63) is 76.9 Å². The Bertz CT molecular complexity index is 1700. The fourth-order valence-corrected chi connectivity index (χ4v) is 5.74. The van der Waals surface area contributed by atoms with Crippen molar-refractivity contribution in [1.82, 2.24) is 0 Å². The molecular weight excluding hydrogens is 596 g/mol. The molecule has 2 aliphatic heterocycles. The zero-order chi connectivity index (χ0) is 31.6. The average molecular weight is 629 g/mol. The summed E-state index contributed by atoms with van der Waals surface area (Å²) in [6.07, 6.45) is -0.636. The lowest BCUT2D eigenvalue weighted by Crippen LogP contribution is -2.29. The third kappa shape index (κ3) is 6.25. The van der Waals surface area contributed by atoms with Crippen LogP contribution in [0.4, 0.5) is 0 Å². The molecule has 0 amide bonds. The zero-order valence-corrected chi connectivity index (χ0v) is 25.3. The van der Waals surface area contributed by atoms with Crippen molar-refractivity contribution in [2.75, 3.05) is 33.9 Å². The number of benzene rings is 3. The maximum absolute atomic E-state index is 13.5. The maximum atomic E-state index is 13.5. The van der Waals surface area contributed by atoms with E-state index in [4.69, 9.17) is 37.7 Å². The molecule has 0 fully saturated rings. The number of carbonyl (C=O) groups excluding carboxylic acids is 1. The average Bonchev–Trinajstić information content (AvgIpc) is 3.56. The van der Waals surface area contributed by atoms with E-state index in [1.165, 1.54) is 21.3 Å². The van der Waals surface area contributed by atoms with E-state index in [2.05, 4.69) is 0 Å². The van der Waals surface area contributed by atoms with Gasteiger partial charge in [0.15, 0.2) is 23.0 Å². The molecule has 3 aromatic rings. The van der Waals surface area contributed by atoms with Crippen LogP contribution in [0.1, 0.15) is 30.0 Å². The monoisotopic (exact) mass is 628 g/mol. The molecule has 0 saturated carbocycles. The largest absolute Gasteiger partial charge is 0.497 e. The van der Waals surface area contributed by atoms with Crippen LogP contribution >= 0.6 is 0 Å². The van der Waals surface area contributed by atoms with Crippen molar-refractivity contribution in [1.29, 1.82) is 0 Å². The Morgan fingerprint density at radius 3 is 2.30 bits per heavy atom. The summed E-state index contributed by atoms with van der Waals surface area (Å²) >= 11 is 0. The van der Waals surface area contributed by atoms with Crippen molar-refractivity contribution in [3.63, 3.8) is 0 Å². The Morgan fingerprint density at radius 2 is 1.64 bits per heavy atom. The highest BCUT2D eigenvalue weighted by Gasteiger charge is 2.48. The van der Waals surface area contributed by atoms with E-state index in [0.29, 0.717) is 39.7 Å². The van der Waals surface area contributed by atoms with Gasteiger partial charge in [-0.2, -0.15) is 8.42 Å². The van der Waals surface area contributed by atoms with E-state index in [1.807, 2.05) is 0 Å². The fraction of sp³-hybridized carbons (Fsp3) is 0.323. The summed E-state index contributed by atoms with van der Waals surface area (Å²) in [6, 6.07) is 14.8. The van der Waals surface area contributed by atoms with Crippen LogP contribution in [0.2, 0.25) is 0 Å². The normalized spacial score (nSPS) is 18.2. The van der Waals surface area contributed by atoms with Crippen LogP contribution in [-0.2, 0) is 31.9 Å². The lowest BCUT2D eigenvalue weighted by Gasteiger charge is -2.26. The van der Waals surface area contributed by atoms with E-state index in [0.717, 1.165) is 0 Å². The van der Waals surface area contributed by atoms with Gasteiger partial charge in [-0.3, -0.25) is 4.55 Å². The van der Waals surface area contributed by atoms with Crippen molar-refractivity contribution < 1.29 is 56.0 Å². The Balaban J connectivity index is 1.61. The van der Waals surface area contributed by atoms with Crippen LogP contribution in [0.15, 0.2) is 60.2 Å². The number of esters is 1. The predicted octanol–water partition coefficient (Wildman–Crippen LogP) is 3.88. The summed E-state index contributed by atoms with van der Waals surface area (Å²) in [7, 11) is 0.202. The summed E-state index contributed by atoms with van der Waals surface area (Å²) in [5, 5.41) is 12.1. The summed E-state index contributed by atoms with van der Waals surface area (Å²) in [6.45, 7) is 1.69. The molecule has 5 rings (SSSR count). The molecule has 3 aromatic carbocycles. The number of hydrogen-bond donors (Lipinski definition) is 2. The molecule has 2 unspecified atom stereocenters. The molecule has 13 heteroatoms. The van der Waals surface area contributed by atoms with Crippen molar-refractivity contribution in [3.8, 4) is 34.5 Å². The number of methoxy groups -OCH3 is 3. The number of aliphatic hydroxyl groups is 1. The first-order valence-corrected chi connectivity index (χ1v) is 15.2. The Labute approximate surface area is 254 Å². The molecule has 44 heavy (non-hydrogen) atoms. The highest BCUT2D eigenvalue weighted by molar-refractivity contribution is 7.85.